The third-order valence-electron chi connectivity index (χ3n) is 5.92. The van der Waals surface area contributed by atoms with Gasteiger partial charge in [-0.15, -0.1) is 0 Å². The van der Waals surface area contributed by atoms with Crippen LogP contribution in [0.1, 0.15) is 18.5 Å². The Morgan fingerprint density at radius 3 is 2.45 bits per heavy atom. The Labute approximate surface area is 211 Å². The Morgan fingerprint density at radius 1 is 1.03 bits per heavy atom. The van der Waals surface area contributed by atoms with Crippen molar-refractivity contribution >= 4 is 69.4 Å². The number of nitrogens with zero attached hydrogens (tertiary/aromatic N) is 1. The van der Waals surface area contributed by atoms with Crippen LogP contribution in [0, 0.1) is 5.92 Å². The average Bonchev–Trinajstić information content (AvgIpc) is 2.75. The molecule has 0 unspecified atom stereocenters. The molecule has 2 aliphatic rings. The average molecular weight is 519 g/mol. The highest BCUT2D eigenvalue weighted by Gasteiger charge is 2.59. The minimum atomic E-state index is -1.14. The van der Waals surface area contributed by atoms with Gasteiger partial charge in [-0.3, -0.25) is 9.69 Å². The van der Waals surface area contributed by atoms with Crippen LogP contribution in [-0.4, -0.2) is 16.7 Å². The van der Waals surface area contributed by atoms with Crippen LogP contribution < -0.4 is 20.3 Å². The number of halogens is 3. The summed E-state index contributed by atoms with van der Waals surface area (Å²) < 4.78 is 6.53. The fourth-order valence-electron chi connectivity index (χ4n) is 4.51. The number of amides is 1. The molecule has 0 aromatic heterocycles. The van der Waals surface area contributed by atoms with Crippen LogP contribution in [0.2, 0.25) is 15.1 Å². The Hall–Kier alpha value is -2.51. The summed E-state index contributed by atoms with van der Waals surface area (Å²) >= 11 is 24.3. The highest BCUT2D eigenvalue weighted by atomic mass is 35.5. The van der Waals surface area contributed by atoms with E-state index in [4.69, 9.17) is 51.8 Å². The van der Waals surface area contributed by atoms with Gasteiger partial charge in [-0.05, 0) is 79.8 Å². The third kappa shape index (κ3) is 3.91. The van der Waals surface area contributed by atoms with Crippen LogP contribution in [0.25, 0.3) is 0 Å². The lowest BCUT2D eigenvalue weighted by atomic mass is 9.78. The molecule has 2 N–H and O–H groups in total. The zero-order valence-corrected chi connectivity index (χ0v) is 20.4. The number of anilines is 2. The normalized spacial score (nSPS) is 23.3. The molecule has 0 radical (unpaired) electrons. The molecule has 168 valence electrons. The van der Waals surface area contributed by atoms with Gasteiger partial charge in [0.25, 0.3) is 0 Å². The number of carbonyl (C=O) groups is 1. The summed E-state index contributed by atoms with van der Waals surface area (Å²) in [6.07, 6.45) is 0. The molecule has 5 rings (SSSR count). The summed E-state index contributed by atoms with van der Waals surface area (Å²) in [6, 6.07) is 19.1. The van der Waals surface area contributed by atoms with Crippen molar-refractivity contribution in [3.63, 3.8) is 0 Å². The summed E-state index contributed by atoms with van der Waals surface area (Å²) in [5, 5.41) is 8.43. The first-order valence-electron chi connectivity index (χ1n) is 10.2. The number of carbonyl (C=O) groups excluding carboxylic acids is 1. The van der Waals surface area contributed by atoms with Crippen LogP contribution in [0.4, 0.5) is 11.4 Å². The molecular weight excluding hydrogens is 501 g/mol. The first-order valence-corrected chi connectivity index (χ1v) is 11.7. The van der Waals surface area contributed by atoms with Crippen LogP contribution in [-0.2, 0) is 4.79 Å². The van der Waals surface area contributed by atoms with E-state index in [9.17, 15) is 4.79 Å². The first-order chi connectivity index (χ1) is 15.8. The SMILES string of the molecule is C[C@@]12Oc3ccc(Cl)cc3[C@@H](NC(=S)N1c1cccc(Cl)c1)[C@H]2C(=O)Nc1ccc(Cl)cc1. The van der Waals surface area contributed by atoms with Crippen molar-refractivity contribution in [2.24, 2.45) is 5.92 Å². The third-order valence-corrected chi connectivity index (χ3v) is 6.94. The van der Waals surface area contributed by atoms with E-state index in [1.807, 2.05) is 25.1 Å². The highest BCUT2D eigenvalue weighted by molar-refractivity contribution is 7.80. The molecule has 0 spiro atoms. The van der Waals surface area contributed by atoms with Gasteiger partial charge in [-0.2, -0.15) is 0 Å². The number of fused-ring (bicyclic) bond motifs is 4. The number of nitrogens with one attached hydrogen (secondary N) is 2. The second-order valence-corrected chi connectivity index (χ2v) is 9.75. The van der Waals surface area contributed by atoms with Crippen molar-refractivity contribution in [1.29, 1.82) is 0 Å². The predicted octanol–water partition coefficient (Wildman–Crippen LogP) is 6.45. The molecule has 3 aromatic carbocycles. The van der Waals surface area contributed by atoms with E-state index >= 15 is 0 Å². The van der Waals surface area contributed by atoms with Crippen molar-refractivity contribution < 1.29 is 9.53 Å². The first kappa shape index (κ1) is 22.3. The van der Waals surface area contributed by atoms with Crippen LogP contribution in [0.15, 0.2) is 66.7 Å². The number of ether oxygens (including phenoxy) is 1. The van der Waals surface area contributed by atoms with Crippen molar-refractivity contribution in [2.75, 3.05) is 10.2 Å². The van der Waals surface area contributed by atoms with Crippen molar-refractivity contribution in [3.8, 4) is 5.75 Å². The van der Waals surface area contributed by atoms with Crippen molar-refractivity contribution in [2.45, 2.75) is 18.7 Å². The van der Waals surface area contributed by atoms with Gasteiger partial charge in [0, 0.05) is 32.0 Å². The monoisotopic (exact) mass is 517 g/mol. The fourth-order valence-corrected chi connectivity index (χ4v) is 5.42. The maximum absolute atomic E-state index is 13.7. The molecule has 2 bridgehead atoms. The lowest BCUT2D eigenvalue weighted by molar-refractivity contribution is -0.130. The van der Waals surface area contributed by atoms with Crippen molar-refractivity contribution in [1.82, 2.24) is 5.32 Å². The minimum Gasteiger partial charge on any atom is -0.467 e. The molecule has 2 heterocycles. The Kier molecular flexibility index (Phi) is 5.65. The molecule has 3 aromatic rings. The number of rotatable bonds is 3. The van der Waals surface area contributed by atoms with Crippen LogP contribution >= 0.6 is 47.0 Å². The summed E-state index contributed by atoms with van der Waals surface area (Å²) in [5.41, 5.74) is 0.960. The zero-order valence-electron chi connectivity index (χ0n) is 17.3. The van der Waals surface area contributed by atoms with Gasteiger partial charge < -0.3 is 15.4 Å². The Balaban J connectivity index is 1.63. The topological polar surface area (TPSA) is 53.6 Å². The van der Waals surface area contributed by atoms with Gasteiger partial charge in [0.05, 0.1) is 6.04 Å². The van der Waals surface area contributed by atoms with Gasteiger partial charge in [0.2, 0.25) is 5.91 Å². The van der Waals surface area contributed by atoms with Gasteiger partial charge in [-0.1, -0.05) is 40.9 Å². The standard InChI is InChI=1S/C24H18Cl3N3O2S/c1-24-20(22(31)28-16-8-5-13(25)6-9-16)21(18-12-15(27)7-10-19(18)32-24)29-23(33)30(24)17-4-2-3-14(26)11-17/h2-12,20-21H,1H3,(H,28,31)(H,29,33)/t20-,21+,24-/m0/s1. The minimum absolute atomic E-state index is 0.238. The molecule has 0 saturated carbocycles. The van der Waals surface area contributed by atoms with E-state index in [0.717, 1.165) is 5.56 Å². The smallest absolute Gasteiger partial charge is 0.236 e. The molecule has 1 fully saturated rings. The van der Waals surface area contributed by atoms with Gasteiger partial charge in [0.1, 0.15) is 11.7 Å². The van der Waals surface area contributed by atoms with Gasteiger partial charge >= 0.3 is 0 Å². The number of hydrogen-bond acceptors (Lipinski definition) is 3. The fraction of sp³-hybridized carbons (Fsp3) is 0.167. The Bertz CT molecular complexity index is 1270. The van der Waals surface area contributed by atoms with E-state index in [0.29, 0.717) is 37.3 Å². The van der Waals surface area contributed by atoms with E-state index < -0.39 is 17.7 Å². The van der Waals surface area contributed by atoms with Crippen LogP contribution in [0.5, 0.6) is 5.75 Å². The van der Waals surface area contributed by atoms with Gasteiger partial charge in [0.15, 0.2) is 10.8 Å². The Morgan fingerprint density at radius 2 is 1.73 bits per heavy atom. The lowest BCUT2D eigenvalue weighted by Gasteiger charge is -2.56. The molecule has 5 nitrogen and oxygen atoms in total. The number of thiocarbonyl (C=S) groups is 1. The summed E-state index contributed by atoms with van der Waals surface area (Å²) in [5.74, 6) is -0.299. The molecule has 1 amide bonds. The predicted molar refractivity (Wildman–Crippen MR) is 136 cm³/mol. The number of benzene rings is 3. The summed E-state index contributed by atoms with van der Waals surface area (Å²) in [6.45, 7) is 1.86. The second-order valence-electron chi connectivity index (χ2n) is 8.06. The zero-order chi connectivity index (χ0) is 23.3. The summed E-state index contributed by atoms with van der Waals surface area (Å²) in [4.78, 5) is 15.5. The molecule has 1 saturated heterocycles. The largest absolute Gasteiger partial charge is 0.467 e. The quantitative estimate of drug-likeness (QED) is 0.391. The second kappa shape index (κ2) is 8.37. The molecular formula is C24H18Cl3N3O2S. The van der Waals surface area contributed by atoms with Crippen molar-refractivity contribution in [3.05, 3.63) is 87.4 Å². The van der Waals surface area contributed by atoms with E-state index in [-0.39, 0.29) is 5.91 Å². The molecule has 2 aliphatic heterocycles. The molecule has 33 heavy (non-hydrogen) atoms. The lowest BCUT2D eigenvalue weighted by Crippen LogP contribution is -2.72. The van der Waals surface area contributed by atoms with Gasteiger partial charge in [-0.25, -0.2) is 0 Å². The maximum atomic E-state index is 13.7. The maximum Gasteiger partial charge on any atom is 0.236 e. The van der Waals surface area contributed by atoms with E-state index in [2.05, 4.69) is 10.6 Å². The van der Waals surface area contributed by atoms with E-state index in [1.165, 1.54) is 0 Å². The van der Waals surface area contributed by atoms with E-state index in [1.54, 1.807) is 53.4 Å². The summed E-state index contributed by atoms with van der Waals surface area (Å²) in [7, 11) is 0. The number of hydrogen-bond donors (Lipinski definition) is 2. The molecule has 3 atom stereocenters. The van der Waals surface area contributed by atoms with Crippen LogP contribution in [0.3, 0.4) is 0 Å². The molecule has 0 aliphatic carbocycles. The highest BCUT2D eigenvalue weighted by Crippen LogP contribution is 2.50. The molecule has 9 heteroatoms.